The van der Waals surface area contributed by atoms with E-state index in [2.05, 4.69) is 40.0 Å². The smallest absolute Gasteiger partial charge is 0.232 e. The minimum Gasteiger partial charge on any atom is -0.359 e. The Kier molecular flexibility index (Phi) is 7.26. The number of aromatic nitrogens is 2. The van der Waals surface area contributed by atoms with Gasteiger partial charge in [-0.15, -0.1) is 6.58 Å². The van der Waals surface area contributed by atoms with Crippen LogP contribution < -0.4 is 20.4 Å². The monoisotopic (exact) mass is 388 g/mol. The minimum atomic E-state index is 0.529. The Morgan fingerprint density at radius 3 is 2.30 bits per heavy atom. The Labute approximate surface area is 168 Å². The van der Waals surface area contributed by atoms with Crippen LogP contribution in [0.4, 0.5) is 17.6 Å². The fourth-order valence-electron chi connectivity index (χ4n) is 3.65. The maximum Gasteiger partial charge on any atom is 0.232 e. The molecule has 0 atom stereocenters. The van der Waals surface area contributed by atoms with Gasteiger partial charge in [0.15, 0.2) is 5.11 Å². The molecule has 2 fully saturated rings. The summed E-state index contributed by atoms with van der Waals surface area (Å²) in [5.41, 5.74) is 0. The van der Waals surface area contributed by atoms with Crippen LogP contribution in [0.25, 0.3) is 0 Å². The molecule has 27 heavy (non-hydrogen) atoms. The van der Waals surface area contributed by atoms with Crippen LogP contribution >= 0.6 is 12.2 Å². The average molecular weight is 389 g/mol. The fraction of sp³-hybridized carbons (Fsp3) is 0.650. The van der Waals surface area contributed by atoms with Gasteiger partial charge in [-0.25, -0.2) is 0 Å². The standard InChI is InChI=1S/C20H32N6S/c1-3-10-21-20(27)24-19-22-17(25-11-6-4-5-7-12-25)15-18(23-19)26-13-8-16(2)9-14-26/h3,15-16H,1,4-14H2,2H3,(H2,21,22,23,24,27). The van der Waals surface area contributed by atoms with E-state index in [0.717, 1.165) is 43.7 Å². The highest BCUT2D eigenvalue weighted by Gasteiger charge is 2.20. The van der Waals surface area contributed by atoms with E-state index in [1.54, 1.807) is 6.08 Å². The van der Waals surface area contributed by atoms with Crippen molar-refractivity contribution in [2.45, 2.75) is 45.4 Å². The van der Waals surface area contributed by atoms with E-state index < -0.39 is 0 Å². The maximum atomic E-state index is 5.36. The second kappa shape index (κ2) is 9.88. The zero-order chi connectivity index (χ0) is 19.1. The number of hydrogen-bond donors (Lipinski definition) is 2. The van der Waals surface area contributed by atoms with Crippen molar-refractivity contribution in [2.75, 3.05) is 47.8 Å². The minimum absolute atomic E-state index is 0.529. The quantitative estimate of drug-likeness (QED) is 0.591. The van der Waals surface area contributed by atoms with Crippen LogP contribution in [-0.2, 0) is 0 Å². The van der Waals surface area contributed by atoms with Crippen molar-refractivity contribution in [2.24, 2.45) is 5.92 Å². The van der Waals surface area contributed by atoms with Gasteiger partial charge in [0.25, 0.3) is 0 Å². The molecule has 0 radical (unpaired) electrons. The molecule has 2 aliphatic heterocycles. The van der Waals surface area contributed by atoms with E-state index in [1.165, 1.54) is 38.5 Å². The van der Waals surface area contributed by atoms with Crippen LogP contribution in [0.2, 0.25) is 0 Å². The Morgan fingerprint density at radius 2 is 1.70 bits per heavy atom. The number of rotatable bonds is 5. The first-order valence-electron chi connectivity index (χ1n) is 10.2. The van der Waals surface area contributed by atoms with E-state index in [4.69, 9.17) is 22.2 Å². The number of nitrogens with one attached hydrogen (secondary N) is 2. The van der Waals surface area contributed by atoms with E-state index in [9.17, 15) is 0 Å². The molecule has 0 bridgehead atoms. The van der Waals surface area contributed by atoms with E-state index in [0.29, 0.717) is 17.6 Å². The molecule has 6 nitrogen and oxygen atoms in total. The second-order valence-corrected chi connectivity index (χ2v) is 8.01. The molecule has 2 aliphatic rings. The predicted molar refractivity (Wildman–Crippen MR) is 118 cm³/mol. The second-order valence-electron chi connectivity index (χ2n) is 7.60. The predicted octanol–water partition coefficient (Wildman–Crippen LogP) is 3.57. The lowest BCUT2D eigenvalue weighted by molar-refractivity contribution is 0.436. The van der Waals surface area contributed by atoms with Gasteiger partial charge < -0.3 is 20.4 Å². The molecule has 0 saturated carbocycles. The molecule has 2 N–H and O–H groups in total. The third kappa shape index (κ3) is 5.79. The zero-order valence-electron chi connectivity index (χ0n) is 16.4. The van der Waals surface area contributed by atoms with Gasteiger partial charge in [-0.1, -0.05) is 25.8 Å². The summed E-state index contributed by atoms with van der Waals surface area (Å²) in [6.07, 6.45) is 9.27. The van der Waals surface area contributed by atoms with Crippen molar-refractivity contribution in [3.8, 4) is 0 Å². The molecule has 1 aromatic heterocycles. The highest BCUT2D eigenvalue weighted by Crippen LogP contribution is 2.27. The largest absolute Gasteiger partial charge is 0.359 e. The first-order valence-corrected chi connectivity index (χ1v) is 10.6. The van der Waals surface area contributed by atoms with Crippen molar-refractivity contribution in [3.63, 3.8) is 0 Å². The summed E-state index contributed by atoms with van der Waals surface area (Å²) in [6, 6.07) is 2.16. The summed E-state index contributed by atoms with van der Waals surface area (Å²) >= 11 is 5.36. The summed E-state index contributed by atoms with van der Waals surface area (Å²) in [4.78, 5) is 14.3. The Bertz CT molecular complexity index is 633. The zero-order valence-corrected chi connectivity index (χ0v) is 17.2. The number of hydrogen-bond acceptors (Lipinski definition) is 5. The molecule has 0 aliphatic carbocycles. The lowest BCUT2D eigenvalue weighted by atomic mass is 9.99. The molecule has 2 saturated heterocycles. The highest BCUT2D eigenvalue weighted by atomic mass is 32.1. The molecular weight excluding hydrogens is 356 g/mol. The summed E-state index contributed by atoms with van der Waals surface area (Å²) in [6.45, 7) is 10.9. The first-order chi connectivity index (χ1) is 13.2. The van der Waals surface area contributed by atoms with Gasteiger partial charge in [0.05, 0.1) is 0 Å². The third-order valence-electron chi connectivity index (χ3n) is 5.37. The number of nitrogens with zero attached hydrogens (tertiary/aromatic N) is 4. The summed E-state index contributed by atoms with van der Waals surface area (Å²) < 4.78 is 0. The summed E-state index contributed by atoms with van der Waals surface area (Å²) in [7, 11) is 0. The fourth-order valence-corrected chi connectivity index (χ4v) is 3.82. The van der Waals surface area contributed by atoms with Crippen molar-refractivity contribution in [1.82, 2.24) is 15.3 Å². The molecule has 0 unspecified atom stereocenters. The number of piperidine rings is 1. The van der Waals surface area contributed by atoms with Gasteiger partial charge >= 0.3 is 0 Å². The summed E-state index contributed by atoms with van der Waals surface area (Å²) in [5, 5.41) is 6.78. The van der Waals surface area contributed by atoms with Crippen LogP contribution in [-0.4, -0.2) is 47.8 Å². The average Bonchev–Trinajstić information content (AvgIpc) is 2.96. The van der Waals surface area contributed by atoms with Crippen LogP contribution in [0.5, 0.6) is 0 Å². The summed E-state index contributed by atoms with van der Waals surface area (Å²) in [5.74, 6) is 3.38. The maximum absolute atomic E-state index is 5.36. The van der Waals surface area contributed by atoms with Crippen LogP contribution in [0.3, 0.4) is 0 Å². The van der Waals surface area contributed by atoms with Crippen LogP contribution in [0.1, 0.15) is 45.4 Å². The van der Waals surface area contributed by atoms with E-state index in [1.807, 2.05) is 0 Å². The van der Waals surface area contributed by atoms with Crippen LogP contribution in [0.15, 0.2) is 18.7 Å². The van der Waals surface area contributed by atoms with Gasteiger partial charge in [0, 0.05) is 38.8 Å². The molecule has 148 valence electrons. The molecule has 0 amide bonds. The third-order valence-corrected chi connectivity index (χ3v) is 5.62. The van der Waals surface area contributed by atoms with Gasteiger partial charge in [0.2, 0.25) is 5.95 Å². The van der Waals surface area contributed by atoms with Crippen LogP contribution in [0, 0.1) is 5.92 Å². The molecule has 3 heterocycles. The Morgan fingerprint density at radius 1 is 1.11 bits per heavy atom. The van der Waals surface area contributed by atoms with Gasteiger partial charge in [-0.05, 0) is 43.8 Å². The van der Waals surface area contributed by atoms with E-state index >= 15 is 0 Å². The molecule has 7 heteroatoms. The van der Waals surface area contributed by atoms with Gasteiger partial charge in [0.1, 0.15) is 11.6 Å². The topological polar surface area (TPSA) is 56.3 Å². The molecule has 3 rings (SSSR count). The normalized spacial score (nSPS) is 18.7. The Hall–Kier alpha value is -1.89. The van der Waals surface area contributed by atoms with Gasteiger partial charge in [-0.3, -0.25) is 0 Å². The molecule has 0 aromatic carbocycles. The van der Waals surface area contributed by atoms with Crippen molar-refractivity contribution >= 4 is 34.9 Å². The first kappa shape index (κ1) is 19.9. The highest BCUT2D eigenvalue weighted by molar-refractivity contribution is 7.80. The SMILES string of the molecule is C=CCNC(=S)Nc1nc(N2CCCCCC2)cc(N2CCC(C)CC2)n1. The Balaban J connectivity index is 1.82. The molecular formula is C20H32N6S. The van der Waals surface area contributed by atoms with E-state index in [-0.39, 0.29) is 0 Å². The van der Waals surface area contributed by atoms with Crippen molar-refractivity contribution in [3.05, 3.63) is 18.7 Å². The van der Waals surface area contributed by atoms with Crippen molar-refractivity contribution in [1.29, 1.82) is 0 Å². The molecule has 1 aromatic rings. The molecule has 0 spiro atoms. The van der Waals surface area contributed by atoms with Crippen molar-refractivity contribution < 1.29 is 0 Å². The lowest BCUT2D eigenvalue weighted by Crippen LogP contribution is -2.35. The van der Waals surface area contributed by atoms with Gasteiger partial charge in [-0.2, -0.15) is 9.97 Å². The number of thiocarbonyl (C=S) groups is 1. The number of anilines is 3. The lowest BCUT2D eigenvalue weighted by Gasteiger charge is -2.32.